The average molecular weight is 299 g/mol. The molecule has 0 atom stereocenters. The summed E-state index contributed by atoms with van der Waals surface area (Å²) < 4.78 is 10.5. The zero-order valence-electron chi connectivity index (χ0n) is 9.40. The summed E-state index contributed by atoms with van der Waals surface area (Å²) in [5.41, 5.74) is 0.616. The van der Waals surface area contributed by atoms with E-state index in [0.717, 1.165) is 4.47 Å². The van der Waals surface area contributed by atoms with Crippen LogP contribution in [0.4, 0.5) is 0 Å². The van der Waals surface area contributed by atoms with Gasteiger partial charge in [-0.3, -0.25) is 4.79 Å². The smallest absolute Gasteiger partial charge is 0.342 e. The van der Waals surface area contributed by atoms with Crippen molar-refractivity contribution in [3.8, 4) is 5.75 Å². The van der Waals surface area contributed by atoms with Crippen molar-refractivity contribution in [2.75, 3.05) is 7.11 Å². The molecule has 5 heteroatoms. The van der Waals surface area contributed by atoms with Gasteiger partial charge in [-0.15, -0.1) is 0 Å². The third-order valence-corrected chi connectivity index (χ3v) is 2.41. The average Bonchev–Trinajstić information content (AvgIpc) is 2.31. The van der Waals surface area contributed by atoms with Gasteiger partial charge in [0.15, 0.2) is 6.29 Å². The van der Waals surface area contributed by atoms with Crippen LogP contribution >= 0.6 is 15.9 Å². The first-order valence-corrected chi connectivity index (χ1v) is 5.54. The van der Waals surface area contributed by atoms with Crippen LogP contribution < -0.4 is 4.74 Å². The molecule has 17 heavy (non-hydrogen) atoms. The lowest BCUT2D eigenvalue weighted by molar-refractivity contribution is -0.130. The maximum atomic E-state index is 11.6. The summed E-state index contributed by atoms with van der Waals surface area (Å²) in [6, 6.07) is 4.81. The van der Waals surface area contributed by atoms with E-state index < -0.39 is 5.97 Å². The van der Waals surface area contributed by atoms with Crippen molar-refractivity contribution in [1.29, 1.82) is 0 Å². The number of hydrogen-bond acceptors (Lipinski definition) is 4. The van der Waals surface area contributed by atoms with Crippen LogP contribution in [-0.4, -0.2) is 19.4 Å². The number of aldehydes is 1. The van der Waals surface area contributed by atoms with E-state index in [4.69, 9.17) is 9.47 Å². The molecule has 0 saturated heterocycles. The number of hydrogen-bond donors (Lipinski definition) is 0. The Morgan fingerprint density at radius 3 is 2.71 bits per heavy atom. The number of ether oxygens (including phenoxy) is 2. The lowest BCUT2D eigenvalue weighted by atomic mass is 10.2. The SMILES string of the molecule is COC=C(C)C(=O)Oc1ccc(Br)cc1C=O. The van der Waals surface area contributed by atoms with Crippen LogP contribution in [0.5, 0.6) is 5.75 Å². The molecule has 0 aromatic heterocycles. The molecular weight excluding hydrogens is 288 g/mol. The number of carbonyl (C=O) groups is 2. The molecule has 0 fully saturated rings. The maximum Gasteiger partial charge on any atom is 0.342 e. The highest BCUT2D eigenvalue weighted by atomic mass is 79.9. The Bertz CT molecular complexity index is 466. The summed E-state index contributed by atoms with van der Waals surface area (Å²) in [7, 11) is 1.44. The van der Waals surface area contributed by atoms with Gasteiger partial charge < -0.3 is 9.47 Å². The highest BCUT2D eigenvalue weighted by molar-refractivity contribution is 9.10. The molecule has 0 N–H and O–H groups in total. The second kappa shape index (κ2) is 6.20. The van der Waals surface area contributed by atoms with Crippen LogP contribution in [0.2, 0.25) is 0 Å². The van der Waals surface area contributed by atoms with Crippen molar-refractivity contribution < 1.29 is 19.1 Å². The first-order valence-electron chi connectivity index (χ1n) is 4.75. The van der Waals surface area contributed by atoms with Crippen molar-refractivity contribution in [1.82, 2.24) is 0 Å². The van der Waals surface area contributed by atoms with E-state index in [0.29, 0.717) is 17.4 Å². The molecule has 1 aromatic rings. The van der Waals surface area contributed by atoms with E-state index in [9.17, 15) is 9.59 Å². The molecule has 0 amide bonds. The summed E-state index contributed by atoms with van der Waals surface area (Å²) in [4.78, 5) is 22.4. The fraction of sp³-hybridized carbons (Fsp3) is 0.167. The van der Waals surface area contributed by atoms with Gasteiger partial charge in [0, 0.05) is 4.47 Å². The van der Waals surface area contributed by atoms with Crippen LogP contribution in [0.3, 0.4) is 0 Å². The Morgan fingerprint density at radius 2 is 2.12 bits per heavy atom. The van der Waals surface area contributed by atoms with Gasteiger partial charge in [-0.1, -0.05) is 15.9 Å². The van der Waals surface area contributed by atoms with Crippen LogP contribution in [0.15, 0.2) is 34.5 Å². The largest absolute Gasteiger partial charge is 0.504 e. The van der Waals surface area contributed by atoms with E-state index in [2.05, 4.69) is 15.9 Å². The summed E-state index contributed by atoms with van der Waals surface area (Å²) in [6.07, 6.45) is 1.91. The Kier molecular flexibility index (Phi) is 4.90. The van der Waals surface area contributed by atoms with E-state index in [1.165, 1.54) is 13.4 Å². The van der Waals surface area contributed by atoms with Crippen molar-refractivity contribution in [2.24, 2.45) is 0 Å². The summed E-state index contributed by atoms with van der Waals surface area (Å²) in [5, 5.41) is 0. The number of halogens is 1. The Labute approximate surface area is 107 Å². The highest BCUT2D eigenvalue weighted by Gasteiger charge is 2.11. The van der Waals surface area contributed by atoms with Gasteiger partial charge in [0.05, 0.1) is 24.5 Å². The quantitative estimate of drug-likeness (QED) is 0.282. The normalized spacial score (nSPS) is 10.9. The number of methoxy groups -OCH3 is 1. The Morgan fingerprint density at radius 1 is 1.41 bits per heavy atom. The van der Waals surface area contributed by atoms with Crippen molar-refractivity contribution in [2.45, 2.75) is 6.92 Å². The lowest BCUT2D eigenvalue weighted by Gasteiger charge is -2.06. The van der Waals surface area contributed by atoms with Gasteiger partial charge in [-0.2, -0.15) is 0 Å². The first kappa shape index (κ1) is 13.4. The minimum atomic E-state index is -0.558. The van der Waals surface area contributed by atoms with Gasteiger partial charge in [0.2, 0.25) is 0 Å². The zero-order chi connectivity index (χ0) is 12.8. The van der Waals surface area contributed by atoms with Gasteiger partial charge in [-0.25, -0.2) is 4.79 Å². The number of esters is 1. The molecule has 90 valence electrons. The molecule has 0 spiro atoms. The van der Waals surface area contributed by atoms with E-state index >= 15 is 0 Å². The maximum absolute atomic E-state index is 11.6. The molecule has 0 saturated carbocycles. The summed E-state index contributed by atoms with van der Waals surface area (Å²) in [5.74, 6) is -0.339. The predicted molar refractivity (Wildman–Crippen MR) is 65.9 cm³/mol. The highest BCUT2D eigenvalue weighted by Crippen LogP contribution is 2.22. The molecule has 1 aromatic carbocycles. The van der Waals surface area contributed by atoms with E-state index in [1.54, 1.807) is 25.1 Å². The second-order valence-electron chi connectivity index (χ2n) is 3.23. The first-order chi connectivity index (χ1) is 8.08. The topological polar surface area (TPSA) is 52.6 Å². The third-order valence-electron chi connectivity index (χ3n) is 1.92. The molecular formula is C12H11BrO4. The molecule has 0 aliphatic heterocycles. The molecule has 4 nitrogen and oxygen atoms in total. The summed E-state index contributed by atoms with van der Waals surface area (Å²) in [6.45, 7) is 1.56. The molecule has 1 rings (SSSR count). The number of carbonyl (C=O) groups excluding carboxylic acids is 2. The van der Waals surface area contributed by atoms with Crippen LogP contribution in [0, 0.1) is 0 Å². The molecule has 0 radical (unpaired) electrons. The van der Waals surface area contributed by atoms with Gasteiger partial charge >= 0.3 is 5.97 Å². The van der Waals surface area contributed by atoms with Crippen molar-refractivity contribution >= 4 is 28.2 Å². The number of benzene rings is 1. The molecule has 0 unspecified atom stereocenters. The molecule has 0 bridgehead atoms. The minimum Gasteiger partial charge on any atom is -0.504 e. The Hall–Kier alpha value is -1.62. The van der Waals surface area contributed by atoms with Crippen LogP contribution in [-0.2, 0) is 9.53 Å². The van der Waals surface area contributed by atoms with Crippen molar-refractivity contribution in [3.05, 3.63) is 40.1 Å². The van der Waals surface area contributed by atoms with Crippen LogP contribution in [0.25, 0.3) is 0 Å². The molecule has 0 aliphatic rings. The van der Waals surface area contributed by atoms with Gasteiger partial charge in [0.1, 0.15) is 5.75 Å². The minimum absolute atomic E-state index is 0.219. The second-order valence-corrected chi connectivity index (χ2v) is 4.14. The third kappa shape index (κ3) is 3.71. The van der Waals surface area contributed by atoms with Crippen LogP contribution in [0.1, 0.15) is 17.3 Å². The Balaban J connectivity index is 2.92. The molecule has 0 heterocycles. The van der Waals surface area contributed by atoms with Gasteiger partial charge in [0.25, 0.3) is 0 Å². The number of rotatable bonds is 4. The molecule has 0 aliphatic carbocycles. The van der Waals surface area contributed by atoms with E-state index in [1.807, 2.05) is 0 Å². The van der Waals surface area contributed by atoms with Gasteiger partial charge in [-0.05, 0) is 25.1 Å². The zero-order valence-corrected chi connectivity index (χ0v) is 11.0. The standard InChI is InChI=1S/C12H11BrO4/c1-8(7-16-2)12(15)17-11-4-3-10(13)5-9(11)6-14/h3-7H,1-2H3. The van der Waals surface area contributed by atoms with Crippen molar-refractivity contribution in [3.63, 3.8) is 0 Å². The van der Waals surface area contributed by atoms with E-state index in [-0.39, 0.29) is 5.75 Å². The monoisotopic (exact) mass is 298 g/mol. The predicted octanol–water partition coefficient (Wildman–Crippen LogP) is 2.72. The summed E-state index contributed by atoms with van der Waals surface area (Å²) >= 11 is 3.23. The fourth-order valence-electron chi connectivity index (χ4n) is 1.11. The fourth-order valence-corrected chi connectivity index (χ4v) is 1.49. The lowest BCUT2D eigenvalue weighted by Crippen LogP contribution is -2.10.